The van der Waals surface area contributed by atoms with Gasteiger partial charge in [0.2, 0.25) is 0 Å². The molecule has 0 fully saturated rings. The van der Waals surface area contributed by atoms with Gasteiger partial charge in [-0.25, -0.2) is 9.59 Å². The van der Waals surface area contributed by atoms with Crippen molar-refractivity contribution in [2.24, 2.45) is 0 Å². The predicted octanol–water partition coefficient (Wildman–Crippen LogP) is 1.96. The maximum atomic E-state index is 11.8. The van der Waals surface area contributed by atoms with Crippen LogP contribution in [-0.4, -0.2) is 26.9 Å². The number of amides is 1. The van der Waals surface area contributed by atoms with Gasteiger partial charge in [-0.3, -0.25) is 4.68 Å². The van der Waals surface area contributed by atoms with Gasteiger partial charge in [-0.2, -0.15) is 5.10 Å². The van der Waals surface area contributed by atoms with E-state index in [1.807, 2.05) is 37.3 Å². The molecule has 7 nitrogen and oxygen atoms in total. The average molecular weight is 303 g/mol. The minimum atomic E-state index is -1.20. The third kappa shape index (κ3) is 3.85. The summed E-state index contributed by atoms with van der Waals surface area (Å²) in [6, 6.07) is 9.50. The zero-order chi connectivity index (χ0) is 15.9. The predicted molar refractivity (Wildman–Crippen MR) is 78.0 cm³/mol. The molecule has 1 unspecified atom stereocenters. The average Bonchev–Trinajstić information content (AvgIpc) is 2.99. The molecule has 7 heteroatoms. The van der Waals surface area contributed by atoms with Gasteiger partial charge in [-0.05, 0) is 18.6 Å². The normalized spacial score (nSPS) is 11.7. The summed E-state index contributed by atoms with van der Waals surface area (Å²) < 4.78 is 6.55. The number of ether oxygens (including phenoxy) is 1. The molecular formula is C15H17N3O4. The van der Waals surface area contributed by atoms with Gasteiger partial charge in [-0.1, -0.05) is 30.3 Å². The molecule has 0 saturated carbocycles. The Labute approximate surface area is 127 Å². The van der Waals surface area contributed by atoms with Crippen molar-refractivity contribution in [2.45, 2.75) is 26.1 Å². The summed E-state index contributed by atoms with van der Waals surface area (Å²) in [6.45, 7) is 2.42. The molecule has 22 heavy (non-hydrogen) atoms. The monoisotopic (exact) mass is 303 g/mol. The molecule has 1 amide bonds. The van der Waals surface area contributed by atoms with E-state index in [1.165, 1.54) is 10.9 Å². The van der Waals surface area contributed by atoms with Crippen molar-refractivity contribution in [1.29, 1.82) is 0 Å². The van der Waals surface area contributed by atoms with Crippen LogP contribution < -0.4 is 5.32 Å². The third-order valence-corrected chi connectivity index (χ3v) is 3.07. The Hall–Kier alpha value is -2.83. The van der Waals surface area contributed by atoms with Gasteiger partial charge in [0.15, 0.2) is 6.04 Å². The van der Waals surface area contributed by atoms with Crippen LogP contribution in [0.2, 0.25) is 0 Å². The number of rotatable bonds is 6. The molecule has 0 saturated heterocycles. The molecule has 1 aromatic carbocycles. The van der Waals surface area contributed by atoms with Crippen LogP contribution in [0.25, 0.3) is 0 Å². The Morgan fingerprint density at radius 3 is 2.68 bits per heavy atom. The highest BCUT2D eigenvalue weighted by Crippen LogP contribution is 2.13. The van der Waals surface area contributed by atoms with Gasteiger partial charge in [0.05, 0.1) is 5.69 Å². The minimum Gasteiger partial charge on any atom is -0.479 e. The van der Waals surface area contributed by atoms with Crippen LogP contribution in [0, 0.1) is 0 Å². The first-order chi connectivity index (χ1) is 10.6. The zero-order valence-electron chi connectivity index (χ0n) is 12.1. The molecule has 1 heterocycles. The number of nitrogens with one attached hydrogen (secondary N) is 1. The lowest BCUT2D eigenvalue weighted by Gasteiger charge is -2.15. The van der Waals surface area contributed by atoms with E-state index < -0.39 is 18.1 Å². The molecule has 2 N–H and O–H groups in total. The number of benzene rings is 1. The summed E-state index contributed by atoms with van der Waals surface area (Å²) in [4.78, 5) is 23.2. The summed E-state index contributed by atoms with van der Waals surface area (Å²) >= 11 is 0. The lowest BCUT2D eigenvalue weighted by Crippen LogP contribution is -2.35. The van der Waals surface area contributed by atoms with Crippen LogP contribution in [0.15, 0.2) is 42.6 Å². The Bertz CT molecular complexity index is 639. The molecule has 116 valence electrons. The van der Waals surface area contributed by atoms with Crippen molar-refractivity contribution in [3.8, 4) is 0 Å². The van der Waals surface area contributed by atoms with Gasteiger partial charge < -0.3 is 15.2 Å². The third-order valence-electron chi connectivity index (χ3n) is 3.07. The number of hydrogen-bond donors (Lipinski definition) is 2. The summed E-state index contributed by atoms with van der Waals surface area (Å²) in [5, 5.41) is 15.6. The fourth-order valence-corrected chi connectivity index (χ4v) is 2.00. The number of carbonyl (C=O) groups excluding carboxylic acids is 1. The Morgan fingerprint density at radius 1 is 1.32 bits per heavy atom. The van der Waals surface area contributed by atoms with E-state index in [-0.39, 0.29) is 6.61 Å². The quantitative estimate of drug-likeness (QED) is 0.850. The number of hydrogen-bond acceptors (Lipinski definition) is 4. The van der Waals surface area contributed by atoms with Crippen LogP contribution >= 0.6 is 0 Å². The van der Waals surface area contributed by atoms with E-state index in [0.717, 1.165) is 5.56 Å². The number of carbonyl (C=O) groups is 2. The highest BCUT2D eigenvalue weighted by molar-refractivity contribution is 5.80. The van der Waals surface area contributed by atoms with Crippen LogP contribution in [0.4, 0.5) is 4.79 Å². The van der Waals surface area contributed by atoms with Gasteiger partial charge in [0, 0.05) is 12.7 Å². The van der Waals surface area contributed by atoms with Gasteiger partial charge >= 0.3 is 12.1 Å². The summed E-state index contributed by atoms with van der Waals surface area (Å²) in [7, 11) is 0. The molecule has 2 rings (SSSR count). The van der Waals surface area contributed by atoms with E-state index in [0.29, 0.717) is 12.2 Å². The molecule has 0 aliphatic heterocycles. The molecule has 0 radical (unpaired) electrons. The number of carboxylic acid groups (broad SMARTS) is 1. The van der Waals surface area contributed by atoms with Crippen molar-refractivity contribution < 1.29 is 19.4 Å². The van der Waals surface area contributed by atoms with Crippen LogP contribution in [-0.2, 0) is 22.7 Å². The van der Waals surface area contributed by atoms with Crippen molar-refractivity contribution >= 4 is 12.1 Å². The van der Waals surface area contributed by atoms with Crippen LogP contribution in [0.1, 0.15) is 24.2 Å². The summed E-state index contributed by atoms with van der Waals surface area (Å²) in [5.74, 6) is -1.17. The largest absolute Gasteiger partial charge is 0.479 e. The fourth-order valence-electron chi connectivity index (χ4n) is 2.00. The number of aliphatic carboxylic acids is 1. The molecular weight excluding hydrogens is 286 g/mol. The zero-order valence-corrected chi connectivity index (χ0v) is 12.1. The maximum Gasteiger partial charge on any atom is 0.408 e. The highest BCUT2D eigenvalue weighted by atomic mass is 16.5. The number of aromatic nitrogens is 2. The lowest BCUT2D eigenvalue weighted by molar-refractivity contribution is -0.139. The fraction of sp³-hybridized carbons (Fsp3) is 0.267. The number of aryl methyl sites for hydroxylation is 1. The number of nitrogens with zero attached hydrogens (tertiary/aromatic N) is 2. The molecule has 0 bridgehead atoms. The van der Waals surface area contributed by atoms with Crippen molar-refractivity contribution in [2.75, 3.05) is 0 Å². The first kappa shape index (κ1) is 15.6. The lowest BCUT2D eigenvalue weighted by atomic mass is 10.2. The molecule has 1 atom stereocenters. The Balaban J connectivity index is 1.99. The van der Waals surface area contributed by atoms with E-state index in [1.54, 1.807) is 6.07 Å². The minimum absolute atomic E-state index is 0.0754. The first-order valence-electron chi connectivity index (χ1n) is 6.83. The molecule has 1 aromatic heterocycles. The summed E-state index contributed by atoms with van der Waals surface area (Å²) in [6.07, 6.45) is 0.700. The van der Waals surface area contributed by atoms with Crippen molar-refractivity contribution in [3.05, 3.63) is 53.9 Å². The van der Waals surface area contributed by atoms with Crippen molar-refractivity contribution in [3.63, 3.8) is 0 Å². The standard InChI is InChI=1S/C15H17N3O4/c1-2-18-12(8-9-16-18)13(14(19)20)17-15(21)22-10-11-6-4-3-5-7-11/h3-9,13H,2,10H2,1H3,(H,17,21)(H,19,20). The van der Waals surface area contributed by atoms with Gasteiger partial charge in [0.25, 0.3) is 0 Å². The number of carboxylic acids is 1. The Kier molecular flexibility index (Phi) is 5.13. The van der Waals surface area contributed by atoms with E-state index in [9.17, 15) is 14.7 Å². The smallest absolute Gasteiger partial charge is 0.408 e. The molecule has 0 aliphatic carbocycles. The highest BCUT2D eigenvalue weighted by Gasteiger charge is 2.25. The first-order valence-corrected chi connectivity index (χ1v) is 6.83. The Morgan fingerprint density at radius 2 is 2.05 bits per heavy atom. The second-order valence-corrected chi connectivity index (χ2v) is 4.55. The van der Waals surface area contributed by atoms with Gasteiger partial charge in [-0.15, -0.1) is 0 Å². The van der Waals surface area contributed by atoms with E-state index in [2.05, 4.69) is 10.4 Å². The van der Waals surface area contributed by atoms with Gasteiger partial charge in [0.1, 0.15) is 6.61 Å². The number of alkyl carbamates (subject to hydrolysis) is 1. The second-order valence-electron chi connectivity index (χ2n) is 4.55. The SMILES string of the molecule is CCn1nccc1C(NC(=O)OCc1ccccc1)C(=O)O. The van der Waals surface area contributed by atoms with Crippen LogP contribution in [0.3, 0.4) is 0 Å². The second kappa shape index (κ2) is 7.26. The van der Waals surface area contributed by atoms with E-state index >= 15 is 0 Å². The van der Waals surface area contributed by atoms with E-state index in [4.69, 9.17) is 4.74 Å². The molecule has 2 aromatic rings. The van der Waals surface area contributed by atoms with Crippen LogP contribution in [0.5, 0.6) is 0 Å². The topological polar surface area (TPSA) is 93.5 Å². The van der Waals surface area contributed by atoms with Crippen molar-refractivity contribution in [1.82, 2.24) is 15.1 Å². The summed E-state index contributed by atoms with van der Waals surface area (Å²) in [5.41, 5.74) is 1.22. The maximum absolute atomic E-state index is 11.8. The molecule has 0 spiro atoms. The molecule has 0 aliphatic rings.